The fraction of sp³-hybridized carbons (Fsp3) is 0.125. The van der Waals surface area contributed by atoms with E-state index in [9.17, 15) is 0 Å². The lowest BCUT2D eigenvalue weighted by Crippen LogP contribution is -2.14. The molecule has 0 spiro atoms. The number of hydrogen-bond acceptors (Lipinski definition) is 2. The zero-order valence-corrected chi connectivity index (χ0v) is 19.7. The second kappa shape index (κ2) is 6.45. The van der Waals surface area contributed by atoms with E-state index in [-0.39, 0.29) is 5.41 Å². The summed E-state index contributed by atoms with van der Waals surface area (Å²) >= 11 is 0. The molecular weight excluding hydrogens is 428 g/mol. The number of para-hydroxylation sites is 2. The third kappa shape index (κ3) is 2.30. The van der Waals surface area contributed by atoms with Crippen LogP contribution < -0.4 is 10.1 Å². The molecular formula is C32H24N2O. The van der Waals surface area contributed by atoms with Gasteiger partial charge in [-0.3, -0.25) is 0 Å². The third-order valence-electron chi connectivity index (χ3n) is 8.09. The highest BCUT2D eigenvalue weighted by Gasteiger charge is 2.36. The van der Waals surface area contributed by atoms with Gasteiger partial charge in [-0.15, -0.1) is 0 Å². The van der Waals surface area contributed by atoms with Crippen LogP contribution in [-0.4, -0.2) is 11.3 Å². The van der Waals surface area contributed by atoms with Gasteiger partial charge in [-0.05, 0) is 45.8 Å². The van der Waals surface area contributed by atoms with Crippen molar-refractivity contribution in [1.29, 1.82) is 0 Å². The van der Waals surface area contributed by atoms with Crippen molar-refractivity contribution in [2.75, 3.05) is 12.0 Å². The van der Waals surface area contributed by atoms with Crippen molar-refractivity contribution in [2.45, 2.75) is 19.3 Å². The van der Waals surface area contributed by atoms with Gasteiger partial charge in [0, 0.05) is 21.6 Å². The molecule has 35 heavy (non-hydrogen) atoms. The molecule has 6 aromatic rings. The third-order valence-corrected chi connectivity index (χ3v) is 8.09. The molecule has 0 fully saturated rings. The predicted molar refractivity (Wildman–Crippen MR) is 145 cm³/mol. The molecule has 2 heterocycles. The number of nitrogens with one attached hydrogen (secondary N) is 1. The minimum Gasteiger partial charge on any atom is -0.469 e. The van der Waals surface area contributed by atoms with E-state index in [0.29, 0.717) is 6.73 Å². The van der Waals surface area contributed by atoms with Crippen LogP contribution in [0.4, 0.5) is 5.69 Å². The summed E-state index contributed by atoms with van der Waals surface area (Å²) in [6, 6.07) is 33.3. The van der Waals surface area contributed by atoms with E-state index in [1.54, 1.807) is 0 Å². The smallest absolute Gasteiger partial charge is 0.169 e. The van der Waals surface area contributed by atoms with E-state index in [4.69, 9.17) is 4.74 Å². The van der Waals surface area contributed by atoms with Gasteiger partial charge in [0.15, 0.2) is 12.5 Å². The molecule has 3 nitrogen and oxygen atoms in total. The maximum Gasteiger partial charge on any atom is 0.169 e. The number of ether oxygens (including phenoxy) is 1. The Balaban J connectivity index is 1.57. The van der Waals surface area contributed by atoms with Crippen molar-refractivity contribution >= 4 is 38.3 Å². The number of rotatable bonds is 1. The van der Waals surface area contributed by atoms with Gasteiger partial charge >= 0.3 is 0 Å². The van der Waals surface area contributed by atoms with Gasteiger partial charge in [0.05, 0.1) is 22.4 Å². The van der Waals surface area contributed by atoms with Crippen LogP contribution in [-0.2, 0) is 5.41 Å². The van der Waals surface area contributed by atoms with E-state index in [1.807, 2.05) is 0 Å². The van der Waals surface area contributed by atoms with E-state index in [2.05, 4.69) is 115 Å². The van der Waals surface area contributed by atoms with Gasteiger partial charge in [-0.1, -0.05) is 86.6 Å². The Labute approximate surface area is 203 Å². The first-order valence-electron chi connectivity index (χ1n) is 12.2. The summed E-state index contributed by atoms with van der Waals surface area (Å²) in [5.41, 5.74) is 10.1. The Morgan fingerprint density at radius 3 is 2.43 bits per heavy atom. The molecule has 168 valence electrons. The topological polar surface area (TPSA) is 26.2 Å². The highest BCUT2D eigenvalue weighted by atomic mass is 16.5. The second-order valence-corrected chi connectivity index (χ2v) is 10.2. The van der Waals surface area contributed by atoms with Gasteiger partial charge in [-0.25, -0.2) is 0 Å². The maximum atomic E-state index is 6.08. The molecule has 0 unspecified atom stereocenters. The highest BCUT2D eigenvalue weighted by Crippen LogP contribution is 2.52. The van der Waals surface area contributed by atoms with Crippen LogP contribution in [0, 0.1) is 0 Å². The molecule has 0 atom stereocenters. The van der Waals surface area contributed by atoms with E-state index in [0.717, 1.165) is 17.1 Å². The summed E-state index contributed by atoms with van der Waals surface area (Å²) < 4.78 is 8.48. The van der Waals surface area contributed by atoms with Gasteiger partial charge in [0.25, 0.3) is 0 Å². The number of hydrogen-bond donors (Lipinski definition) is 1. The van der Waals surface area contributed by atoms with Crippen molar-refractivity contribution in [1.82, 2.24) is 4.57 Å². The van der Waals surface area contributed by atoms with Gasteiger partial charge in [-0.2, -0.15) is 0 Å². The zero-order valence-electron chi connectivity index (χ0n) is 19.7. The average molecular weight is 453 g/mol. The minimum atomic E-state index is -0.0124. The van der Waals surface area contributed by atoms with Crippen molar-refractivity contribution in [3.63, 3.8) is 0 Å². The van der Waals surface area contributed by atoms with E-state index < -0.39 is 0 Å². The van der Waals surface area contributed by atoms with Gasteiger partial charge in [0.2, 0.25) is 0 Å². The van der Waals surface area contributed by atoms with E-state index >= 15 is 0 Å². The summed E-state index contributed by atoms with van der Waals surface area (Å²) in [5, 5.41) is 8.46. The van der Waals surface area contributed by atoms with Crippen LogP contribution in [0.3, 0.4) is 0 Å². The predicted octanol–water partition coefficient (Wildman–Crippen LogP) is 8.01. The number of nitrogens with zero attached hydrogens (tertiary/aromatic N) is 1. The van der Waals surface area contributed by atoms with Crippen LogP contribution >= 0.6 is 0 Å². The summed E-state index contributed by atoms with van der Waals surface area (Å²) in [7, 11) is 0. The lowest BCUT2D eigenvalue weighted by atomic mass is 9.82. The minimum absolute atomic E-state index is 0.0124. The number of aromatic nitrogens is 1. The normalized spacial score (nSPS) is 15.1. The molecule has 1 aliphatic heterocycles. The number of benzene rings is 5. The number of anilines is 1. The van der Waals surface area contributed by atoms with Crippen LogP contribution in [0.15, 0.2) is 91.0 Å². The fourth-order valence-corrected chi connectivity index (χ4v) is 6.50. The zero-order chi connectivity index (χ0) is 23.3. The highest BCUT2D eigenvalue weighted by molar-refractivity contribution is 6.21. The summed E-state index contributed by atoms with van der Waals surface area (Å²) in [6.45, 7) is 5.19. The Bertz CT molecular complexity index is 1860. The molecule has 0 saturated carbocycles. The van der Waals surface area contributed by atoms with Gasteiger partial charge in [0.1, 0.15) is 0 Å². The number of fused-ring (bicyclic) bond motifs is 10. The average Bonchev–Trinajstić information content (AvgIpc) is 3.56. The summed E-state index contributed by atoms with van der Waals surface area (Å²) in [6.07, 6.45) is 0. The fourth-order valence-electron chi connectivity index (χ4n) is 6.50. The first-order valence-corrected chi connectivity index (χ1v) is 12.2. The van der Waals surface area contributed by atoms with Crippen molar-refractivity contribution < 1.29 is 4.74 Å². The van der Waals surface area contributed by atoms with Gasteiger partial charge < -0.3 is 14.6 Å². The Kier molecular flexibility index (Phi) is 3.52. The quantitative estimate of drug-likeness (QED) is 0.273. The second-order valence-electron chi connectivity index (χ2n) is 10.2. The lowest BCUT2D eigenvalue weighted by Gasteiger charge is -2.21. The lowest BCUT2D eigenvalue weighted by molar-refractivity contribution is 0.371. The molecule has 2 aliphatic rings. The van der Waals surface area contributed by atoms with E-state index in [1.165, 1.54) is 54.8 Å². The first kappa shape index (κ1) is 19.1. The molecule has 3 heteroatoms. The molecule has 1 N–H and O–H groups in total. The molecule has 5 aromatic carbocycles. The Morgan fingerprint density at radius 1 is 0.714 bits per heavy atom. The maximum absolute atomic E-state index is 6.08. The molecule has 0 bridgehead atoms. The monoisotopic (exact) mass is 452 g/mol. The molecule has 1 aromatic heterocycles. The van der Waals surface area contributed by atoms with Crippen molar-refractivity contribution in [3.8, 4) is 22.6 Å². The standard InChI is InChI=1S/C32H24N2O/c1-32(2)24-10-5-3-9-23(24)29-20-14-15-21-19-8-4-6-12-27(19)34(30(21)22(20)16-17-25(29)32)28-13-7-11-26-31(28)35-18-33-26/h3-17,33H,18H2,1-2H3. The summed E-state index contributed by atoms with van der Waals surface area (Å²) in [4.78, 5) is 0. The molecule has 1 aliphatic carbocycles. The van der Waals surface area contributed by atoms with Crippen LogP contribution in [0.2, 0.25) is 0 Å². The Morgan fingerprint density at radius 2 is 1.49 bits per heavy atom. The SMILES string of the molecule is CC1(C)c2ccccc2-c2c1ccc1c2ccc2c3ccccc3n(-c3cccc4c3OCN4)c12. The van der Waals surface area contributed by atoms with Crippen molar-refractivity contribution in [2.24, 2.45) is 0 Å². The van der Waals surface area contributed by atoms with Crippen molar-refractivity contribution in [3.05, 3.63) is 102 Å². The van der Waals surface area contributed by atoms with Crippen LogP contribution in [0.25, 0.3) is 49.4 Å². The van der Waals surface area contributed by atoms with Crippen LogP contribution in [0.1, 0.15) is 25.0 Å². The van der Waals surface area contributed by atoms with Crippen LogP contribution in [0.5, 0.6) is 5.75 Å². The summed E-state index contributed by atoms with van der Waals surface area (Å²) in [5.74, 6) is 0.916. The molecule has 0 amide bonds. The first-order chi connectivity index (χ1) is 17.1. The Hall–Kier alpha value is -4.24. The molecule has 0 saturated heterocycles. The molecule has 0 radical (unpaired) electrons. The molecule has 8 rings (SSSR count). The largest absolute Gasteiger partial charge is 0.469 e.